The number of nitrogens with zero attached hydrogens (tertiary/aromatic N) is 2. The Bertz CT molecular complexity index is 433. The average Bonchev–Trinajstić information content (AvgIpc) is 2.49. The summed E-state index contributed by atoms with van der Waals surface area (Å²) >= 11 is 5.16. The van der Waals surface area contributed by atoms with Crippen molar-refractivity contribution in [2.24, 2.45) is 10.7 Å². The van der Waals surface area contributed by atoms with Crippen LogP contribution in [0.5, 0.6) is 0 Å². The SMILES string of the molecule is CCCCCN=C(N)NC(=S)NCCCc1ccccn1. The highest BCUT2D eigenvalue weighted by molar-refractivity contribution is 7.80. The molecule has 0 radical (unpaired) electrons. The lowest BCUT2D eigenvalue weighted by Crippen LogP contribution is -2.43. The van der Waals surface area contributed by atoms with Crippen LogP contribution in [-0.2, 0) is 6.42 Å². The Balaban J connectivity index is 2.10. The van der Waals surface area contributed by atoms with Gasteiger partial charge in [0.2, 0.25) is 0 Å². The first kappa shape index (κ1) is 17.4. The summed E-state index contributed by atoms with van der Waals surface area (Å²) in [4.78, 5) is 8.50. The van der Waals surface area contributed by atoms with Crippen LogP contribution in [0.15, 0.2) is 29.4 Å². The van der Waals surface area contributed by atoms with Crippen molar-refractivity contribution < 1.29 is 0 Å². The lowest BCUT2D eigenvalue weighted by Gasteiger charge is -2.09. The molecule has 1 aromatic heterocycles. The molecule has 0 amide bonds. The lowest BCUT2D eigenvalue weighted by molar-refractivity contribution is 0.726. The highest BCUT2D eigenvalue weighted by Gasteiger charge is 1.98. The lowest BCUT2D eigenvalue weighted by atomic mass is 10.2. The van der Waals surface area contributed by atoms with E-state index in [9.17, 15) is 0 Å². The van der Waals surface area contributed by atoms with Gasteiger partial charge in [0.1, 0.15) is 0 Å². The van der Waals surface area contributed by atoms with Crippen molar-refractivity contribution in [2.45, 2.75) is 39.0 Å². The molecular weight excluding hydrogens is 282 g/mol. The second-order valence-corrected chi connectivity index (χ2v) is 5.19. The fraction of sp³-hybridized carbons (Fsp3) is 0.533. The van der Waals surface area contributed by atoms with Crippen LogP contribution in [0.25, 0.3) is 0 Å². The molecule has 0 saturated carbocycles. The van der Waals surface area contributed by atoms with Gasteiger partial charge in [0.05, 0.1) is 0 Å². The predicted octanol–water partition coefficient (Wildman–Crippen LogP) is 1.98. The number of thiocarbonyl (C=S) groups is 1. The van der Waals surface area contributed by atoms with Crippen molar-refractivity contribution in [3.05, 3.63) is 30.1 Å². The molecule has 1 heterocycles. The maximum atomic E-state index is 5.75. The molecule has 1 rings (SSSR count). The van der Waals surface area contributed by atoms with E-state index in [0.29, 0.717) is 11.1 Å². The van der Waals surface area contributed by atoms with Gasteiger partial charge in [-0.05, 0) is 43.6 Å². The Morgan fingerprint density at radius 2 is 2.19 bits per heavy atom. The number of pyridine rings is 1. The molecule has 116 valence electrons. The number of aliphatic imine (C=N–C) groups is 1. The normalized spacial score (nSPS) is 11.2. The third kappa shape index (κ3) is 8.96. The van der Waals surface area contributed by atoms with E-state index in [4.69, 9.17) is 18.0 Å². The minimum absolute atomic E-state index is 0.383. The highest BCUT2D eigenvalue weighted by Crippen LogP contribution is 1.97. The maximum absolute atomic E-state index is 5.75. The van der Waals surface area contributed by atoms with Crippen molar-refractivity contribution in [3.8, 4) is 0 Å². The zero-order valence-electron chi connectivity index (χ0n) is 12.6. The summed E-state index contributed by atoms with van der Waals surface area (Å²) in [6.45, 7) is 3.69. The van der Waals surface area contributed by atoms with E-state index in [1.54, 1.807) is 0 Å². The number of aryl methyl sites for hydroxylation is 1. The molecule has 0 saturated heterocycles. The average molecular weight is 307 g/mol. The van der Waals surface area contributed by atoms with E-state index >= 15 is 0 Å². The summed E-state index contributed by atoms with van der Waals surface area (Å²) in [5.74, 6) is 0.383. The third-order valence-corrected chi connectivity index (χ3v) is 3.15. The van der Waals surface area contributed by atoms with Crippen molar-refractivity contribution in [3.63, 3.8) is 0 Å². The molecule has 0 atom stereocenters. The van der Waals surface area contributed by atoms with Crippen LogP contribution < -0.4 is 16.4 Å². The van der Waals surface area contributed by atoms with E-state index < -0.39 is 0 Å². The van der Waals surface area contributed by atoms with E-state index in [0.717, 1.165) is 38.0 Å². The van der Waals surface area contributed by atoms with Gasteiger partial charge in [-0.1, -0.05) is 25.8 Å². The number of guanidine groups is 1. The molecule has 5 nitrogen and oxygen atoms in total. The Labute approximate surface area is 132 Å². The van der Waals surface area contributed by atoms with E-state index in [1.165, 1.54) is 12.8 Å². The van der Waals surface area contributed by atoms with E-state index in [1.807, 2.05) is 24.4 Å². The van der Waals surface area contributed by atoms with Crippen LogP contribution in [0.2, 0.25) is 0 Å². The Hall–Kier alpha value is -1.69. The topological polar surface area (TPSA) is 75.3 Å². The van der Waals surface area contributed by atoms with Gasteiger partial charge in [0.25, 0.3) is 0 Å². The van der Waals surface area contributed by atoms with Crippen LogP contribution in [0, 0.1) is 0 Å². The fourth-order valence-corrected chi connectivity index (χ4v) is 1.99. The summed E-state index contributed by atoms with van der Waals surface area (Å²) in [5, 5.41) is 6.53. The molecule has 1 aromatic rings. The van der Waals surface area contributed by atoms with Gasteiger partial charge in [0.15, 0.2) is 11.1 Å². The number of unbranched alkanes of at least 4 members (excludes halogenated alkanes) is 2. The number of hydrogen-bond donors (Lipinski definition) is 3. The van der Waals surface area contributed by atoms with Gasteiger partial charge in [-0.15, -0.1) is 0 Å². The molecule has 0 spiro atoms. The zero-order chi connectivity index (χ0) is 15.3. The number of rotatable bonds is 8. The molecule has 0 aromatic carbocycles. The number of hydrogen-bond acceptors (Lipinski definition) is 3. The molecule has 21 heavy (non-hydrogen) atoms. The van der Waals surface area contributed by atoms with Crippen LogP contribution in [0.4, 0.5) is 0 Å². The standard InChI is InChI=1S/C15H25N5S/c1-2-3-5-11-18-14(16)20-15(21)19-12-7-9-13-8-4-6-10-17-13/h4,6,8,10H,2-3,5,7,9,11-12H2,1H3,(H4,16,18,19,20,21). The van der Waals surface area contributed by atoms with Crippen LogP contribution in [-0.4, -0.2) is 29.1 Å². The van der Waals surface area contributed by atoms with Gasteiger partial charge in [-0.25, -0.2) is 0 Å². The summed E-state index contributed by atoms with van der Waals surface area (Å²) in [6, 6.07) is 5.94. The van der Waals surface area contributed by atoms with Crippen molar-refractivity contribution in [1.29, 1.82) is 0 Å². The molecule has 0 fully saturated rings. The van der Waals surface area contributed by atoms with E-state index in [2.05, 4.69) is 27.5 Å². The van der Waals surface area contributed by atoms with Crippen molar-refractivity contribution >= 4 is 23.3 Å². The summed E-state index contributed by atoms with van der Waals surface area (Å²) in [5.41, 5.74) is 6.85. The Kier molecular flexibility index (Phi) is 9.11. The molecule has 4 N–H and O–H groups in total. The molecule has 0 aliphatic rings. The molecule has 6 heteroatoms. The number of aromatic nitrogens is 1. The summed E-state index contributed by atoms with van der Waals surface area (Å²) in [7, 11) is 0. The summed E-state index contributed by atoms with van der Waals surface area (Å²) in [6.07, 6.45) is 7.11. The second kappa shape index (κ2) is 11.0. The van der Waals surface area contributed by atoms with Gasteiger partial charge >= 0.3 is 0 Å². The highest BCUT2D eigenvalue weighted by atomic mass is 32.1. The Morgan fingerprint density at radius 1 is 1.33 bits per heavy atom. The minimum Gasteiger partial charge on any atom is -0.370 e. The second-order valence-electron chi connectivity index (χ2n) is 4.78. The van der Waals surface area contributed by atoms with Gasteiger partial charge < -0.3 is 16.4 Å². The van der Waals surface area contributed by atoms with E-state index in [-0.39, 0.29) is 0 Å². The smallest absolute Gasteiger partial charge is 0.194 e. The number of nitrogens with two attached hydrogens (primary N) is 1. The van der Waals surface area contributed by atoms with Gasteiger partial charge in [0, 0.05) is 25.0 Å². The first-order valence-electron chi connectivity index (χ1n) is 7.47. The quantitative estimate of drug-likeness (QED) is 0.296. The van der Waals surface area contributed by atoms with Crippen molar-refractivity contribution in [1.82, 2.24) is 15.6 Å². The zero-order valence-corrected chi connectivity index (χ0v) is 13.5. The molecule has 0 aliphatic heterocycles. The predicted molar refractivity (Wildman–Crippen MR) is 92.3 cm³/mol. The first-order chi connectivity index (χ1) is 10.2. The van der Waals surface area contributed by atoms with Gasteiger partial charge in [-0.2, -0.15) is 0 Å². The van der Waals surface area contributed by atoms with Crippen molar-refractivity contribution in [2.75, 3.05) is 13.1 Å². The van der Waals surface area contributed by atoms with Gasteiger partial charge in [-0.3, -0.25) is 9.98 Å². The van der Waals surface area contributed by atoms with Crippen LogP contribution in [0.1, 0.15) is 38.3 Å². The molecule has 0 aliphatic carbocycles. The Morgan fingerprint density at radius 3 is 2.90 bits per heavy atom. The maximum Gasteiger partial charge on any atom is 0.194 e. The first-order valence-corrected chi connectivity index (χ1v) is 7.88. The molecule has 0 unspecified atom stereocenters. The minimum atomic E-state index is 0.383. The van der Waals surface area contributed by atoms with Crippen LogP contribution >= 0.6 is 12.2 Å². The van der Waals surface area contributed by atoms with Crippen LogP contribution in [0.3, 0.4) is 0 Å². The third-order valence-electron chi connectivity index (χ3n) is 2.91. The molecule has 0 bridgehead atoms. The molecular formula is C15H25N5S. The number of nitrogens with one attached hydrogen (secondary N) is 2. The largest absolute Gasteiger partial charge is 0.370 e. The monoisotopic (exact) mass is 307 g/mol. The fourth-order valence-electron chi connectivity index (χ4n) is 1.78. The summed E-state index contributed by atoms with van der Waals surface area (Å²) < 4.78 is 0.